The predicted octanol–water partition coefficient (Wildman–Crippen LogP) is 3.25. The Hall–Kier alpha value is -2.86. The van der Waals surface area contributed by atoms with Crippen molar-refractivity contribution in [1.82, 2.24) is 15.2 Å². The number of amides is 1. The molecule has 3 aromatic rings. The lowest BCUT2D eigenvalue weighted by atomic mass is 10.2. The van der Waals surface area contributed by atoms with Crippen LogP contribution in [-0.4, -0.2) is 21.1 Å². The minimum atomic E-state index is -0.250. The summed E-state index contributed by atoms with van der Waals surface area (Å²) in [5.41, 5.74) is 1.84. The van der Waals surface area contributed by atoms with Gasteiger partial charge in [-0.1, -0.05) is 47.7 Å². The molecule has 0 atom stereocenters. The van der Waals surface area contributed by atoms with Gasteiger partial charge in [-0.3, -0.25) is 15.1 Å². The van der Waals surface area contributed by atoms with Crippen LogP contribution >= 0.6 is 11.3 Å². The zero-order valence-corrected chi connectivity index (χ0v) is 12.3. The summed E-state index contributed by atoms with van der Waals surface area (Å²) in [5, 5.41) is 12.0. The topological polar surface area (TPSA) is 67.8 Å². The SMILES string of the molecule is O=C(/C=C/c1cccnc1)Nc1nnc(-c2ccccc2)s1. The Morgan fingerprint density at radius 3 is 2.73 bits per heavy atom. The van der Waals surface area contributed by atoms with Crippen LogP contribution in [0.1, 0.15) is 5.56 Å². The van der Waals surface area contributed by atoms with Crippen molar-refractivity contribution in [1.29, 1.82) is 0 Å². The summed E-state index contributed by atoms with van der Waals surface area (Å²) < 4.78 is 0. The third-order valence-electron chi connectivity index (χ3n) is 2.79. The zero-order chi connectivity index (χ0) is 15.2. The van der Waals surface area contributed by atoms with E-state index in [4.69, 9.17) is 0 Å². The Kier molecular flexibility index (Phi) is 4.31. The van der Waals surface area contributed by atoms with E-state index in [9.17, 15) is 4.79 Å². The molecule has 0 aliphatic heterocycles. The fourth-order valence-electron chi connectivity index (χ4n) is 1.76. The van der Waals surface area contributed by atoms with E-state index in [1.54, 1.807) is 18.5 Å². The molecule has 0 aliphatic carbocycles. The number of rotatable bonds is 4. The van der Waals surface area contributed by atoms with Crippen molar-refractivity contribution in [2.45, 2.75) is 0 Å². The minimum absolute atomic E-state index is 0.250. The van der Waals surface area contributed by atoms with E-state index < -0.39 is 0 Å². The third-order valence-corrected chi connectivity index (χ3v) is 3.68. The summed E-state index contributed by atoms with van der Waals surface area (Å²) in [6.45, 7) is 0. The van der Waals surface area contributed by atoms with Gasteiger partial charge in [0.15, 0.2) is 0 Å². The molecule has 0 unspecified atom stereocenters. The summed E-state index contributed by atoms with van der Waals surface area (Å²) in [6, 6.07) is 13.4. The molecule has 0 saturated carbocycles. The number of aromatic nitrogens is 3. The number of benzene rings is 1. The maximum atomic E-state index is 11.9. The third kappa shape index (κ3) is 3.62. The molecule has 5 nitrogen and oxygen atoms in total. The van der Waals surface area contributed by atoms with E-state index in [1.165, 1.54) is 17.4 Å². The number of hydrogen-bond donors (Lipinski definition) is 1. The summed E-state index contributed by atoms with van der Waals surface area (Å²) in [7, 11) is 0. The normalized spacial score (nSPS) is 10.7. The fraction of sp³-hybridized carbons (Fsp3) is 0. The number of anilines is 1. The van der Waals surface area contributed by atoms with Gasteiger partial charge in [-0.25, -0.2) is 0 Å². The van der Waals surface area contributed by atoms with E-state index in [1.807, 2.05) is 42.5 Å². The first-order valence-electron chi connectivity index (χ1n) is 6.59. The van der Waals surface area contributed by atoms with Crippen molar-refractivity contribution in [3.05, 3.63) is 66.5 Å². The summed E-state index contributed by atoms with van der Waals surface area (Å²) in [5.74, 6) is -0.250. The second kappa shape index (κ2) is 6.73. The molecule has 0 aliphatic rings. The number of nitrogens with one attached hydrogen (secondary N) is 1. The van der Waals surface area contributed by atoms with Crippen LogP contribution < -0.4 is 5.32 Å². The largest absolute Gasteiger partial charge is 0.297 e. The number of carbonyl (C=O) groups is 1. The maximum absolute atomic E-state index is 11.9. The molecule has 0 saturated heterocycles. The van der Waals surface area contributed by atoms with Gasteiger partial charge in [0.05, 0.1) is 0 Å². The van der Waals surface area contributed by atoms with Gasteiger partial charge >= 0.3 is 0 Å². The molecule has 3 rings (SSSR count). The Labute approximate surface area is 131 Å². The molecule has 2 aromatic heterocycles. The van der Waals surface area contributed by atoms with Crippen LogP contribution in [0.15, 0.2) is 60.9 Å². The average molecular weight is 308 g/mol. The molecule has 1 N–H and O–H groups in total. The van der Waals surface area contributed by atoms with E-state index in [-0.39, 0.29) is 5.91 Å². The van der Waals surface area contributed by atoms with Crippen LogP contribution in [0.25, 0.3) is 16.6 Å². The molecule has 108 valence electrons. The lowest BCUT2D eigenvalue weighted by Crippen LogP contribution is -2.07. The van der Waals surface area contributed by atoms with Crippen LogP contribution in [0.4, 0.5) is 5.13 Å². The van der Waals surface area contributed by atoms with Crippen molar-refractivity contribution in [3.63, 3.8) is 0 Å². The molecule has 6 heteroatoms. The van der Waals surface area contributed by atoms with Crippen molar-refractivity contribution >= 4 is 28.5 Å². The monoisotopic (exact) mass is 308 g/mol. The van der Waals surface area contributed by atoms with Gasteiger partial charge in [0.2, 0.25) is 11.0 Å². The molecule has 22 heavy (non-hydrogen) atoms. The van der Waals surface area contributed by atoms with Crippen molar-refractivity contribution in [2.75, 3.05) is 5.32 Å². The first-order chi connectivity index (χ1) is 10.8. The average Bonchev–Trinajstić information content (AvgIpc) is 3.03. The number of hydrogen-bond acceptors (Lipinski definition) is 5. The second-order valence-corrected chi connectivity index (χ2v) is 5.36. The van der Waals surface area contributed by atoms with E-state index >= 15 is 0 Å². The lowest BCUT2D eigenvalue weighted by Gasteiger charge is -1.95. The second-order valence-electron chi connectivity index (χ2n) is 4.39. The minimum Gasteiger partial charge on any atom is -0.297 e. The summed E-state index contributed by atoms with van der Waals surface area (Å²) in [6.07, 6.45) is 6.51. The number of pyridine rings is 1. The van der Waals surface area contributed by atoms with Crippen LogP contribution in [0.3, 0.4) is 0 Å². The molecular formula is C16H12N4OS. The van der Waals surface area contributed by atoms with Crippen LogP contribution in [0.2, 0.25) is 0 Å². The highest BCUT2D eigenvalue weighted by atomic mass is 32.1. The highest BCUT2D eigenvalue weighted by Crippen LogP contribution is 2.25. The van der Waals surface area contributed by atoms with Crippen LogP contribution in [0, 0.1) is 0 Å². The van der Waals surface area contributed by atoms with Gasteiger partial charge in [0.25, 0.3) is 0 Å². The first kappa shape index (κ1) is 14.1. The standard InChI is InChI=1S/C16H12N4OS/c21-14(9-8-12-5-4-10-17-11-12)18-16-20-19-15(22-16)13-6-2-1-3-7-13/h1-11H,(H,18,20,21)/b9-8+. The Balaban J connectivity index is 1.65. The van der Waals surface area contributed by atoms with Gasteiger partial charge in [0, 0.05) is 24.0 Å². The summed E-state index contributed by atoms with van der Waals surface area (Å²) >= 11 is 1.34. The molecule has 2 heterocycles. The Morgan fingerprint density at radius 2 is 1.95 bits per heavy atom. The highest BCUT2D eigenvalue weighted by Gasteiger charge is 2.07. The van der Waals surface area contributed by atoms with Crippen LogP contribution in [0.5, 0.6) is 0 Å². The zero-order valence-electron chi connectivity index (χ0n) is 11.5. The fourth-order valence-corrected chi connectivity index (χ4v) is 2.52. The smallest absolute Gasteiger partial charge is 0.250 e. The lowest BCUT2D eigenvalue weighted by molar-refractivity contribution is -0.111. The van der Waals surface area contributed by atoms with Gasteiger partial charge in [-0.05, 0) is 17.7 Å². The molecule has 0 bridgehead atoms. The molecular weight excluding hydrogens is 296 g/mol. The van der Waals surface area contributed by atoms with Crippen molar-refractivity contribution < 1.29 is 4.79 Å². The van der Waals surface area contributed by atoms with Gasteiger partial charge < -0.3 is 0 Å². The molecule has 1 amide bonds. The first-order valence-corrected chi connectivity index (χ1v) is 7.41. The van der Waals surface area contributed by atoms with Crippen LogP contribution in [-0.2, 0) is 4.79 Å². The van der Waals surface area contributed by atoms with Gasteiger partial charge in [0.1, 0.15) is 5.01 Å². The predicted molar refractivity (Wildman–Crippen MR) is 87.2 cm³/mol. The number of nitrogens with zero attached hydrogens (tertiary/aromatic N) is 3. The molecule has 1 aromatic carbocycles. The number of carbonyl (C=O) groups excluding carboxylic acids is 1. The Morgan fingerprint density at radius 1 is 1.09 bits per heavy atom. The van der Waals surface area contributed by atoms with Gasteiger partial charge in [-0.2, -0.15) is 0 Å². The van der Waals surface area contributed by atoms with Crippen molar-refractivity contribution in [3.8, 4) is 10.6 Å². The molecule has 0 spiro atoms. The maximum Gasteiger partial charge on any atom is 0.250 e. The Bertz CT molecular complexity index is 784. The van der Waals surface area contributed by atoms with E-state index in [0.717, 1.165) is 16.1 Å². The van der Waals surface area contributed by atoms with Crippen molar-refractivity contribution in [2.24, 2.45) is 0 Å². The highest BCUT2D eigenvalue weighted by molar-refractivity contribution is 7.18. The van der Waals surface area contributed by atoms with E-state index in [2.05, 4.69) is 20.5 Å². The summed E-state index contributed by atoms with van der Waals surface area (Å²) in [4.78, 5) is 15.8. The van der Waals surface area contributed by atoms with Gasteiger partial charge in [-0.15, -0.1) is 10.2 Å². The van der Waals surface area contributed by atoms with E-state index in [0.29, 0.717) is 5.13 Å². The molecule has 0 fully saturated rings. The molecule has 0 radical (unpaired) electrons. The quantitative estimate of drug-likeness (QED) is 0.751.